The minimum atomic E-state index is -1.39. The SMILES string of the molecule is O=C(O)C(O)CCNC(=O)C1CC2C=CC1C2. The fourth-order valence-electron chi connectivity index (χ4n) is 2.67. The van der Waals surface area contributed by atoms with E-state index >= 15 is 0 Å². The van der Waals surface area contributed by atoms with Crippen molar-refractivity contribution in [3.8, 4) is 0 Å². The van der Waals surface area contributed by atoms with E-state index in [1.807, 2.05) is 0 Å². The Morgan fingerprint density at radius 3 is 2.65 bits per heavy atom. The lowest BCUT2D eigenvalue weighted by molar-refractivity contribution is -0.147. The first-order chi connectivity index (χ1) is 8.08. The maximum atomic E-state index is 11.8. The average Bonchev–Trinajstić information content (AvgIpc) is 2.90. The summed E-state index contributed by atoms with van der Waals surface area (Å²) in [7, 11) is 0. The third kappa shape index (κ3) is 2.66. The summed E-state index contributed by atoms with van der Waals surface area (Å²) in [5, 5.41) is 20.2. The first kappa shape index (κ1) is 12.1. The number of aliphatic carboxylic acids is 1. The molecular weight excluding hydrogens is 222 g/mol. The summed E-state index contributed by atoms with van der Waals surface area (Å²) >= 11 is 0. The van der Waals surface area contributed by atoms with E-state index in [2.05, 4.69) is 17.5 Å². The highest BCUT2D eigenvalue weighted by molar-refractivity contribution is 5.80. The molecule has 0 radical (unpaired) electrons. The Balaban J connectivity index is 1.72. The molecule has 2 bridgehead atoms. The number of carbonyl (C=O) groups is 2. The quantitative estimate of drug-likeness (QED) is 0.596. The summed E-state index contributed by atoms with van der Waals surface area (Å²) in [6.07, 6.45) is 4.89. The van der Waals surface area contributed by atoms with Crippen molar-refractivity contribution >= 4 is 11.9 Å². The van der Waals surface area contributed by atoms with Crippen molar-refractivity contribution in [2.24, 2.45) is 17.8 Å². The highest BCUT2D eigenvalue weighted by Crippen LogP contribution is 2.43. The molecule has 0 saturated heterocycles. The summed E-state index contributed by atoms with van der Waals surface area (Å²) in [6, 6.07) is 0. The van der Waals surface area contributed by atoms with E-state index in [0.717, 1.165) is 12.8 Å². The number of hydrogen-bond donors (Lipinski definition) is 3. The van der Waals surface area contributed by atoms with Crippen LogP contribution in [0.5, 0.6) is 0 Å². The van der Waals surface area contributed by atoms with Crippen LogP contribution in [0.3, 0.4) is 0 Å². The lowest BCUT2D eigenvalue weighted by atomic mass is 9.93. The van der Waals surface area contributed by atoms with Crippen molar-refractivity contribution in [2.75, 3.05) is 6.54 Å². The Labute approximate surface area is 99.5 Å². The second-order valence-corrected chi connectivity index (χ2v) is 4.82. The van der Waals surface area contributed by atoms with Gasteiger partial charge in [-0.1, -0.05) is 12.2 Å². The van der Waals surface area contributed by atoms with Gasteiger partial charge in [0.15, 0.2) is 6.10 Å². The lowest BCUT2D eigenvalue weighted by Gasteiger charge is -2.17. The van der Waals surface area contributed by atoms with Crippen molar-refractivity contribution < 1.29 is 19.8 Å². The molecule has 5 heteroatoms. The molecule has 2 aliphatic carbocycles. The maximum absolute atomic E-state index is 11.8. The molecule has 0 heterocycles. The van der Waals surface area contributed by atoms with E-state index in [9.17, 15) is 9.59 Å². The molecule has 0 aliphatic heterocycles. The van der Waals surface area contributed by atoms with E-state index < -0.39 is 12.1 Å². The van der Waals surface area contributed by atoms with Gasteiger partial charge in [-0.2, -0.15) is 0 Å². The van der Waals surface area contributed by atoms with Crippen molar-refractivity contribution in [1.29, 1.82) is 0 Å². The molecule has 94 valence electrons. The Hall–Kier alpha value is -1.36. The van der Waals surface area contributed by atoms with Crippen LogP contribution < -0.4 is 5.32 Å². The Morgan fingerprint density at radius 1 is 1.35 bits per heavy atom. The first-order valence-corrected chi connectivity index (χ1v) is 5.95. The predicted octanol–water partition coefficient (Wildman–Crippen LogP) is 0.150. The van der Waals surface area contributed by atoms with Crippen LogP contribution in [0.2, 0.25) is 0 Å². The molecule has 0 aromatic carbocycles. The third-order valence-corrected chi connectivity index (χ3v) is 3.62. The molecule has 5 nitrogen and oxygen atoms in total. The van der Waals surface area contributed by atoms with Crippen molar-refractivity contribution in [3.05, 3.63) is 12.2 Å². The monoisotopic (exact) mass is 239 g/mol. The average molecular weight is 239 g/mol. The van der Waals surface area contributed by atoms with Gasteiger partial charge < -0.3 is 15.5 Å². The molecule has 1 saturated carbocycles. The van der Waals surface area contributed by atoms with Crippen molar-refractivity contribution in [1.82, 2.24) is 5.32 Å². The van der Waals surface area contributed by atoms with Crippen LogP contribution in [0.4, 0.5) is 0 Å². The lowest BCUT2D eigenvalue weighted by Crippen LogP contribution is -2.35. The van der Waals surface area contributed by atoms with E-state index in [0.29, 0.717) is 11.8 Å². The highest BCUT2D eigenvalue weighted by atomic mass is 16.4. The molecule has 2 aliphatic rings. The van der Waals surface area contributed by atoms with Gasteiger partial charge in [-0.15, -0.1) is 0 Å². The summed E-state index contributed by atoms with van der Waals surface area (Å²) in [6.45, 7) is 0.212. The number of hydrogen-bond acceptors (Lipinski definition) is 3. The normalized spacial score (nSPS) is 31.5. The zero-order valence-electron chi connectivity index (χ0n) is 9.50. The topological polar surface area (TPSA) is 86.6 Å². The minimum absolute atomic E-state index is 0.0144. The van der Waals surface area contributed by atoms with E-state index in [1.165, 1.54) is 0 Å². The Kier molecular flexibility index (Phi) is 3.47. The summed E-state index contributed by atoms with van der Waals surface area (Å²) in [4.78, 5) is 22.2. The van der Waals surface area contributed by atoms with Gasteiger partial charge in [-0.05, 0) is 24.7 Å². The molecule has 17 heavy (non-hydrogen) atoms. The molecule has 4 unspecified atom stereocenters. The predicted molar refractivity (Wildman–Crippen MR) is 60.1 cm³/mol. The van der Waals surface area contributed by atoms with Gasteiger partial charge >= 0.3 is 5.97 Å². The van der Waals surface area contributed by atoms with Crippen LogP contribution in [0, 0.1) is 17.8 Å². The van der Waals surface area contributed by atoms with Crippen LogP contribution in [0.1, 0.15) is 19.3 Å². The van der Waals surface area contributed by atoms with Crippen LogP contribution in [-0.4, -0.2) is 34.7 Å². The van der Waals surface area contributed by atoms with Gasteiger partial charge in [0.1, 0.15) is 0 Å². The molecule has 1 amide bonds. The van der Waals surface area contributed by atoms with Gasteiger partial charge in [-0.3, -0.25) is 4.79 Å². The van der Waals surface area contributed by atoms with E-state index in [4.69, 9.17) is 10.2 Å². The number of allylic oxidation sites excluding steroid dienone is 2. The molecule has 2 rings (SSSR count). The number of rotatable bonds is 5. The van der Waals surface area contributed by atoms with Crippen molar-refractivity contribution in [2.45, 2.75) is 25.4 Å². The molecule has 0 aromatic rings. The van der Waals surface area contributed by atoms with E-state index in [-0.39, 0.29) is 24.8 Å². The maximum Gasteiger partial charge on any atom is 0.332 e. The number of carbonyl (C=O) groups excluding carboxylic acids is 1. The third-order valence-electron chi connectivity index (χ3n) is 3.62. The van der Waals surface area contributed by atoms with Crippen LogP contribution >= 0.6 is 0 Å². The summed E-state index contributed by atoms with van der Waals surface area (Å²) in [5.74, 6) is -0.335. The Bertz CT molecular complexity index is 352. The number of nitrogens with one attached hydrogen (secondary N) is 1. The molecular formula is C12H17NO4. The number of aliphatic hydroxyl groups is 1. The first-order valence-electron chi connectivity index (χ1n) is 5.95. The fourth-order valence-corrected chi connectivity index (χ4v) is 2.67. The number of aliphatic hydroxyl groups excluding tert-OH is 1. The number of carboxylic acids is 1. The van der Waals surface area contributed by atoms with Gasteiger partial charge in [0.05, 0.1) is 0 Å². The standard InChI is InChI=1S/C12H17NO4/c14-10(12(16)17)3-4-13-11(15)9-6-7-1-2-8(9)5-7/h1-2,7-10,14H,3-6H2,(H,13,15)(H,16,17). The second-order valence-electron chi connectivity index (χ2n) is 4.82. The van der Waals surface area contributed by atoms with Gasteiger partial charge in [0.25, 0.3) is 0 Å². The number of amides is 1. The number of fused-ring (bicyclic) bond motifs is 2. The molecule has 0 aromatic heterocycles. The number of carboxylic acid groups (broad SMARTS) is 1. The largest absolute Gasteiger partial charge is 0.479 e. The zero-order valence-corrected chi connectivity index (χ0v) is 9.50. The molecule has 0 spiro atoms. The van der Waals surface area contributed by atoms with Crippen LogP contribution in [-0.2, 0) is 9.59 Å². The Morgan fingerprint density at radius 2 is 2.12 bits per heavy atom. The summed E-state index contributed by atoms with van der Waals surface area (Å²) in [5.41, 5.74) is 0. The minimum Gasteiger partial charge on any atom is -0.479 e. The highest BCUT2D eigenvalue weighted by Gasteiger charge is 2.39. The molecule has 1 fully saturated rings. The van der Waals surface area contributed by atoms with Crippen LogP contribution in [0.15, 0.2) is 12.2 Å². The van der Waals surface area contributed by atoms with Crippen molar-refractivity contribution in [3.63, 3.8) is 0 Å². The second kappa shape index (κ2) is 4.87. The smallest absolute Gasteiger partial charge is 0.332 e. The molecule has 4 atom stereocenters. The van der Waals surface area contributed by atoms with Gasteiger partial charge in [0, 0.05) is 18.9 Å². The van der Waals surface area contributed by atoms with E-state index in [1.54, 1.807) is 0 Å². The molecule has 3 N–H and O–H groups in total. The van der Waals surface area contributed by atoms with Gasteiger partial charge in [0.2, 0.25) is 5.91 Å². The van der Waals surface area contributed by atoms with Gasteiger partial charge in [-0.25, -0.2) is 4.79 Å². The zero-order chi connectivity index (χ0) is 12.4. The van der Waals surface area contributed by atoms with Crippen LogP contribution in [0.25, 0.3) is 0 Å². The fraction of sp³-hybridized carbons (Fsp3) is 0.667. The summed E-state index contributed by atoms with van der Waals surface area (Å²) < 4.78 is 0.